The van der Waals surface area contributed by atoms with Crippen molar-refractivity contribution >= 4 is 16.7 Å². The summed E-state index contributed by atoms with van der Waals surface area (Å²) in [4.78, 5) is 16.0. The van der Waals surface area contributed by atoms with Crippen molar-refractivity contribution in [2.75, 3.05) is 13.7 Å². The van der Waals surface area contributed by atoms with Gasteiger partial charge < -0.3 is 14.2 Å². The van der Waals surface area contributed by atoms with Crippen molar-refractivity contribution in [2.24, 2.45) is 0 Å². The molecule has 0 spiro atoms. The number of alkyl halides is 3. The summed E-state index contributed by atoms with van der Waals surface area (Å²) in [5, 5.41) is 1.69. The van der Waals surface area contributed by atoms with Crippen molar-refractivity contribution in [3.63, 3.8) is 0 Å². The van der Waals surface area contributed by atoms with E-state index in [0.29, 0.717) is 5.75 Å². The van der Waals surface area contributed by atoms with Crippen LogP contribution in [0.25, 0.3) is 10.8 Å². The Hall–Kier alpha value is -3.29. The molecule has 0 saturated carbocycles. The monoisotopic (exact) mass is 377 g/mol. The number of carbonyl (C=O) groups is 1. The van der Waals surface area contributed by atoms with Crippen molar-refractivity contribution in [1.82, 2.24) is 4.98 Å². The molecule has 3 rings (SSSR count). The highest BCUT2D eigenvalue weighted by Gasteiger charge is 2.30. The number of pyridine rings is 1. The van der Waals surface area contributed by atoms with Gasteiger partial charge in [0.05, 0.1) is 7.11 Å². The molecule has 2 aromatic carbocycles. The lowest BCUT2D eigenvalue weighted by Gasteiger charge is -2.12. The third-order valence-corrected chi connectivity index (χ3v) is 3.59. The summed E-state index contributed by atoms with van der Waals surface area (Å²) in [6, 6.07) is 13.1. The molecule has 0 bridgehead atoms. The van der Waals surface area contributed by atoms with Gasteiger partial charge in [-0.05, 0) is 47.2 Å². The number of halogens is 3. The average molecular weight is 377 g/mol. The third kappa shape index (κ3) is 4.66. The summed E-state index contributed by atoms with van der Waals surface area (Å²) in [7, 11) is 1.54. The second kappa shape index (κ2) is 7.53. The van der Waals surface area contributed by atoms with E-state index < -0.39 is 24.6 Å². The number of esters is 1. The Morgan fingerprint density at radius 2 is 1.74 bits per heavy atom. The lowest BCUT2D eigenvalue weighted by molar-refractivity contribution is -0.154. The van der Waals surface area contributed by atoms with E-state index in [1.165, 1.54) is 25.4 Å². The standard InChI is InChI=1S/C19H14F3NO4/c1-25-14-6-4-12-5-7-15(10-13(12)9-14)27-18(24)16-3-2-8-23-17(16)26-11-19(20,21)22/h2-10H,11H2,1H3. The molecule has 8 heteroatoms. The number of ether oxygens (including phenoxy) is 3. The second-order valence-electron chi connectivity index (χ2n) is 5.52. The van der Waals surface area contributed by atoms with Crippen molar-refractivity contribution < 1.29 is 32.2 Å². The Bertz CT molecular complexity index is 973. The van der Waals surface area contributed by atoms with Crippen LogP contribution >= 0.6 is 0 Å². The first kappa shape index (κ1) is 18.5. The largest absolute Gasteiger partial charge is 0.497 e. The van der Waals surface area contributed by atoms with Crippen LogP contribution in [-0.2, 0) is 0 Å². The summed E-state index contributed by atoms with van der Waals surface area (Å²) in [5.41, 5.74) is -0.201. The van der Waals surface area contributed by atoms with Crippen LogP contribution in [0.1, 0.15) is 10.4 Å². The minimum atomic E-state index is -4.55. The van der Waals surface area contributed by atoms with Gasteiger partial charge in [-0.3, -0.25) is 0 Å². The molecule has 1 aromatic heterocycles. The second-order valence-corrected chi connectivity index (χ2v) is 5.52. The van der Waals surface area contributed by atoms with E-state index in [9.17, 15) is 18.0 Å². The van der Waals surface area contributed by atoms with E-state index in [4.69, 9.17) is 9.47 Å². The summed E-state index contributed by atoms with van der Waals surface area (Å²) >= 11 is 0. The number of rotatable bonds is 5. The topological polar surface area (TPSA) is 57.7 Å². The maximum atomic E-state index is 12.4. The molecule has 0 aliphatic carbocycles. The van der Waals surface area contributed by atoms with E-state index in [0.717, 1.165) is 10.8 Å². The van der Waals surface area contributed by atoms with Gasteiger partial charge in [0, 0.05) is 6.20 Å². The lowest BCUT2D eigenvalue weighted by Crippen LogP contribution is -2.21. The Morgan fingerprint density at radius 1 is 1.04 bits per heavy atom. The minimum absolute atomic E-state index is 0.201. The number of benzene rings is 2. The van der Waals surface area contributed by atoms with Crippen LogP contribution in [0, 0.1) is 0 Å². The summed E-state index contributed by atoms with van der Waals surface area (Å²) in [6.45, 7) is -1.56. The maximum Gasteiger partial charge on any atom is 0.422 e. The van der Waals surface area contributed by atoms with Crippen molar-refractivity contribution in [2.45, 2.75) is 6.18 Å². The molecule has 140 valence electrons. The average Bonchev–Trinajstić information content (AvgIpc) is 2.65. The van der Waals surface area contributed by atoms with Crippen molar-refractivity contribution in [3.8, 4) is 17.4 Å². The molecule has 0 atom stereocenters. The molecule has 0 saturated heterocycles. The van der Waals surface area contributed by atoms with E-state index in [1.807, 2.05) is 6.07 Å². The number of methoxy groups -OCH3 is 1. The predicted molar refractivity (Wildman–Crippen MR) is 91.2 cm³/mol. The molecule has 0 unspecified atom stereocenters. The third-order valence-electron chi connectivity index (χ3n) is 3.59. The zero-order chi connectivity index (χ0) is 19.4. The fraction of sp³-hybridized carbons (Fsp3) is 0.158. The van der Waals surface area contributed by atoms with Crippen LogP contribution in [0.3, 0.4) is 0 Å². The van der Waals surface area contributed by atoms with Gasteiger partial charge in [-0.25, -0.2) is 9.78 Å². The number of nitrogens with zero attached hydrogens (tertiary/aromatic N) is 1. The fourth-order valence-electron chi connectivity index (χ4n) is 2.37. The van der Waals surface area contributed by atoms with Crippen LogP contribution in [-0.4, -0.2) is 30.8 Å². The van der Waals surface area contributed by atoms with Crippen molar-refractivity contribution in [1.29, 1.82) is 0 Å². The van der Waals surface area contributed by atoms with Crippen LogP contribution in [0.2, 0.25) is 0 Å². The summed E-state index contributed by atoms with van der Waals surface area (Å²) in [5.74, 6) is -0.447. The van der Waals surface area contributed by atoms with E-state index in [-0.39, 0.29) is 11.3 Å². The van der Waals surface area contributed by atoms with Gasteiger partial charge in [-0.15, -0.1) is 0 Å². The predicted octanol–water partition coefficient (Wildman–Crippen LogP) is 4.40. The molecule has 0 radical (unpaired) electrons. The quantitative estimate of drug-likeness (QED) is 0.487. The highest BCUT2D eigenvalue weighted by molar-refractivity contribution is 5.94. The highest BCUT2D eigenvalue weighted by Crippen LogP contribution is 2.26. The van der Waals surface area contributed by atoms with Gasteiger partial charge in [-0.1, -0.05) is 12.1 Å². The van der Waals surface area contributed by atoms with Crippen molar-refractivity contribution in [3.05, 3.63) is 60.3 Å². The SMILES string of the molecule is COc1ccc2ccc(OC(=O)c3cccnc3OCC(F)(F)F)cc2c1. The molecule has 0 N–H and O–H groups in total. The molecule has 1 heterocycles. The Labute approximate surface area is 152 Å². The number of carbonyl (C=O) groups excluding carboxylic acids is 1. The van der Waals surface area contributed by atoms with E-state index >= 15 is 0 Å². The Balaban J connectivity index is 1.82. The van der Waals surface area contributed by atoms with E-state index in [2.05, 4.69) is 9.72 Å². The molecule has 27 heavy (non-hydrogen) atoms. The fourth-order valence-corrected chi connectivity index (χ4v) is 2.37. The number of aromatic nitrogens is 1. The Morgan fingerprint density at radius 3 is 2.44 bits per heavy atom. The van der Waals surface area contributed by atoms with Crippen LogP contribution in [0.5, 0.6) is 17.4 Å². The molecule has 0 fully saturated rings. The molecule has 0 aliphatic heterocycles. The van der Waals surface area contributed by atoms with E-state index in [1.54, 1.807) is 30.3 Å². The van der Waals surface area contributed by atoms with Gasteiger partial charge >= 0.3 is 12.1 Å². The van der Waals surface area contributed by atoms with Crippen LogP contribution in [0.15, 0.2) is 54.7 Å². The normalized spacial score (nSPS) is 11.3. The molecular weight excluding hydrogens is 363 g/mol. The zero-order valence-corrected chi connectivity index (χ0v) is 14.1. The highest BCUT2D eigenvalue weighted by atomic mass is 19.4. The minimum Gasteiger partial charge on any atom is -0.497 e. The smallest absolute Gasteiger partial charge is 0.422 e. The van der Waals surface area contributed by atoms with Gasteiger partial charge in [-0.2, -0.15) is 13.2 Å². The van der Waals surface area contributed by atoms with Gasteiger partial charge in [0.15, 0.2) is 6.61 Å². The van der Waals surface area contributed by atoms with Gasteiger partial charge in [0.2, 0.25) is 5.88 Å². The first-order chi connectivity index (χ1) is 12.9. The van der Waals surface area contributed by atoms with Gasteiger partial charge in [0.25, 0.3) is 0 Å². The number of fused-ring (bicyclic) bond motifs is 1. The zero-order valence-electron chi connectivity index (χ0n) is 14.1. The Kier molecular flexibility index (Phi) is 5.16. The van der Waals surface area contributed by atoms with Crippen LogP contribution in [0.4, 0.5) is 13.2 Å². The molecule has 5 nitrogen and oxygen atoms in total. The van der Waals surface area contributed by atoms with Gasteiger partial charge in [0.1, 0.15) is 17.1 Å². The summed E-state index contributed by atoms with van der Waals surface area (Å²) in [6.07, 6.45) is -3.32. The molecule has 0 amide bonds. The van der Waals surface area contributed by atoms with Crippen LogP contribution < -0.4 is 14.2 Å². The maximum absolute atomic E-state index is 12.4. The lowest BCUT2D eigenvalue weighted by atomic mass is 10.1. The molecular formula is C19H14F3NO4. The molecule has 0 aliphatic rings. The molecule has 3 aromatic rings. The number of hydrogen-bond acceptors (Lipinski definition) is 5. The first-order valence-corrected chi connectivity index (χ1v) is 7.80. The summed E-state index contributed by atoms with van der Waals surface area (Å²) < 4.78 is 52.1. The number of hydrogen-bond donors (Lipinski definition) is 0. The first-order valence-electron chi connectivity index (χ1n) is 7.80.